The lowest BCUT2D eigenvalue weighted by Gasteiger charge is -2.34. The van der Waals surface area contributed by atoms with Gasteiger partial charge in [-0.05, 0) is 31.8 Å². The Hall–Kier alpha value is -0.650. The predicted molar refractivity (Wildman–Crippen MR) is 72.3 cm³/mol. The number of amides is 1. The molecule has 2 aliphatic heterocycles. The van der Waals surface area contributed by atoms with E-state index in [9.17, 15) is 4.79 Å². The summed E-state index contributed by atoms with van der Waals surface area (Å²) < 4.78 is 0. The summed E-state index contributed by atoms with van der Waals surface area (Å²) in [5.74, 6) is 0.382. The molecule has 0 aromatic carbocycles. The quantitative estimate of drug-likeness (QED) is 0.693. The Morgan fingerprint density at radius 1 is 1.06 bits per heavy atom. The summed E-state index contributed by atoms with van der Waals surface area (Å²) >= 11 is 0. The van der Waals surface area contributed by atoms with E-state index in [2.05, 4.69) is 15.1 Å². The summed E-state index contributed by atoms with van der Waals surface area (Å²) in [4.78, 5) is 15.9. The Bertz CT molecular complexity index is 258. The zero-order chi connectivity index (χ0) is 12.8. The van der Waals surface area contributed by atoms with Gasteiger partial charge in [0.2, 0.25) is 5.91 Å². The lowest BCUT2D eigenvalue weighted by Crippen LogP contribution is -2.47. The van der Waals surface area contributed by atoms with E-state index in [1.54, 1.807) is 0 Å². The van der Waals surface area contributed by atoms with Crippen LogP contribution in [-0.2, 0) is 4.79 Å². The number of rotatable bonds is 5. The molecule has 0 bridgehead atoms. The summed E-state index contributed by atoms with van der Waals surface area (Å²) in [5, 5.41) is 3.38. The van der Waals surface area contributed by atoms with E-state index in [-0.39, 0.29) is 5.91 Å². The fourth-order valence-electron chi connectivity index (χ4n) is 2.92. The molecule has 2 saturated heterocycles. The first-order chi connectivity index (χ1) is 8.74. The highest BCUT2D eigenvalue weighted by Crippen LogP contribution is 2.19. The molecule has 2 aliphatic rings. The smallest absolute Gasteiger partial charge is 0.217 e. The third-order valence-electron chi connectivity index (χ3n) is 4.14. The number of primary amides is 1. The molecule has 1 amide bonds. The lowest BCUT2D eigenvalue weighted by molar-refractivity contribution is -0.119. The number of hydrogen-bond acceptors (Lipinski definition) is 4. The van der Waals surface area contributed by atoms with Crippen molar-refractivity contribution in [2.24, 2.45) is 11.7 Å². The zero-order valence-electron chi connectivity index (χ0n) is 11.2. The monoisotopic (exact) mass is 254 g/mol. The number of likely N-dealkylation sites (tertiary alicyclic amines) is 1. The van der Waals surface area contributed by atoms with Gasteiger partial charge in [0.15, 0.2) is 0 Å². The second-order valence-corrected chi connectivity index (χ2v) is 5.55. The summed E-state index contributed by atoms with van der Waals surface area (Å²) in [6.07, 6.45) is 2.83. The van der Waals surface area contributed by atoms with Crippen molar-refractivity contribution in [1.82, 2.24) is 15.1 Å². The average Bonchev–Trinajstić information content (AvgIpc) is 2.38. The van der Waals surface area contributed by atoms with Gasteiger partial charge in [-0.2, -0.15) is 0 Å². The van der Waals surface area contributed by atoms with Crippen LogP contribution in [0, 0.1) is 5.92 Å². The zero-order valence-corrected chi connectivity index (χ0v) is 11.2. The number of nitrogens with zero attached hydrogens (tertiary/aromatic N) is 2. The van der Waals surface area contributed by atoms with Gasteiger partial charge < -0.3 is 16.0 Å². The molecule has 104 valence electrons. The van der Waals surface area contributed by atoms with E-state index >= 15 is 0 Å². The maximum Gasteiger partial charge on any atom is 0.217 e. The van der Waals surface area contributed by atoms with Crippen LogP contribution in [-0.4, -0.2) is 68.1 Å². The maximum absolute atomic E-state index is 10.9. The highest BCUT2D eigenvalue weighted by Gasteiger charge is 2.21. The van der Waals surface area contributed by atoms with Gasteiger partial charge in [0.25, 0.3) is 0 Å². The van der Waals surface area contributed by atoms with Crippen LogP contribution in [0.4, 0.5) is 0 Å². The van der Waals surface area contributed by atoms with Gasteiger partial charge in [0.05, 0.1) is 0 Å². The minimum Gasteiger partial charge on any atom is -0.370 e. The maximum atomic E-state index is 10.9. The number of piperidine rings is 1. The van der Waals surface area contributed by atoms with Crippen molar-refractivity contribution in [3.05, 3.63) is 0 Å². The second kappa shape index (κ2) is 7.07. The minimum absolute atomic E-state index is 0.144. The number of carbonyl (C=O) groups excluding carboxylic acids is 1. The molecule has 3 N–H and O–H groups in total. The van der Waals surface area contributed by atoms with E-state index in [4.69, 9.17) is 5.73 Å². The molecular weight excluding hydrogens is 228 g/mol. The third-order valence-corrected chi connectivity index (χ3v) is 4.14. The highest BCUT2D eigenvalue weighted by atomic mass is 16.1. The van der Waals surface area contributed by atoms with Crippen molar-refractivity contribution in [2.75, 3.05) is 52.4 Å². The van der Waals surface area contributed by atoms with Crippen LogP contribution in [0.3, 0.4) is 0 Å². The molecule has 0 atom stereocenters. The summed E-state index contributed by atoms with van der Waals surface area (Å²) in [6.45, 7) is 9.22. The molecule has 0 radical (unpaired) electrons. The topological polar surface area (TPSA) is 61.6 Å². The van der Waals surface area contributed by atoms with Crippen molar-refractivity contribution in [3.8, 4) is 0 Å². The van der Waals surface area contributed by atoms with Gasteiger partial charge in [-0.25, -0.2) is 0 Å². The van der Waals surface area contributed by atoms with Crippen molar-refractivity contribution in [1.29, 1.82) is 0 Å². The number of piperazine rings is 1. The fourth-order valence-corrected chi connectivity index (χ4v) is 2.92. The number of carbonyl (C=O) groups is 1. The summed E-state index contributed by atoms with van der Waals surface area (Å²) in [6, 6.07) is 0. The second-order valence-electron chi connectivity index (χ2n) is 5.55. The Labute approximate surface area is 110 Å². The molecule has 2 fully saturated rings. The van der Waals surface area contributed by atoms with E-state index in [0.717, 1.165) is 39.0 Å². The molecule has 0 unspecified atom stereocenters. The van der Waals surface area contributed by atoms with Crippen LogP contribution in [0.15, 0.2) is 0 Å². The van der Waals surface area contributed by atoms with Gasteiger partial charge in [-0.15, -0.1) is 0 Å². The van der Waals surface area contributed by atoms with Crippen LogP contribution >= 0.6 is 0 Å². The molecule has 18 heavy (non-hydrogen) atoms. The Kier molecular flexibility index (Phi) is 5.41. The largest absolute Gasteiger partial charge is 0.370 e. The molecule has 0 saturated carbocycles. The van der Waals surface area contributed by atoms with Gasteiger partial charge in [0, 0.05) is 45.7 Å². The normalized spacial score (nSPS) is 24.2. The van der Waals surface area contributed by atoms with Crippen LogP contribution in [0.2, 0.25) is 0 Å². The van der Waals surface area contributed by atoms with Crippen molar-refractivity contribution < 1.29 is 4.79 Å². The predicted octanol–water partition coefficient (Wildman–Crippen LogP) is -0.521. The summed E-state index contributed by atoms with van der Waals surface area (Å²) in [7, 11) is 0. The van der Waals surface area contributed by atoms with E-state index in [1.807, 2.05) is 0 Å². The molecule has 0 aromatic rings. The number of nitrogens with two attached hydrogens (primary N) is 1. The van der Waals surface area contributed by atoms with Crippen molar-refractivity contribution in [3.63, 3.8) is 0 Å². The third kappa shape index (κ3) is 4.55. The van der Waals surface area contributed by atoms with Crippen LogP contribution in [0.25, 0.3) is 0 Å². The Morgan fingerprint density at radius 2 is 1.61 bits per heavy atom. The van der Waals surface area contributed by atoms with Gasteiger partial charge in [0.1, 0.15) is 0 Å². The van der Waals surface area contributed by atoms with Crippen molar-refractivity contribution >= 4 is 5.91 Å². The SMILES string of the molecule is NC(=O)CC1CCN(CCN2CCNCC2)CC1. The van der Waals surface area contributed by atoms with Crippen LogP contribution in [0.1, 0.15) is 19.3 Å². The molecule has 2 rings (SSSR count). The Morgan fingerprint density at radius 3 is 2.17 bits per heavy atom. The standard InChI is InChI=1S/C13H26N4O/c14-13(18)11-12-1-5-16(6-2-12)9-10-17-7-3-15-4-8-17/h12,15H,1-11H2,(H2,14,18). The molecule has 5 nitrogen and oxygen atoms in total. The first-order valence-electron chi connectivity index (χ1n) is 7.18. The number of hydrogen-bond donors (Lipinski definition) is 2. The molecule has 2 heterocycles. The van der Waals surface area contributed by atoms with Crippen molar-refractivity contribution in [2.45, 2.75) is 19.3 Å². The van der Waals surface area contributed by atoms with Crippen LogP contribution in [0.5, 0.6) is 0 Å². The van der Waals surface area contributed by atoms with Crippen LogP contribution < -0.4 is 11.1 Å². The Balaban J connectivity index is 1.59. The molecule has 0 spiro atoms. The molecule has 0 aromatic heterocycles. The minimum atomic E-state index is -0.144. The highest BCUT2D eigenvalue weighted by molar-refractivity contribution is 5.73. The first-order valence-corrected chi connectivity index (χ1v) is 7.18. The number of nitrogens with one attached hydrogen (secondary N) is 1. The van der Waals surface area contributed by atoms with E-state index in [0.29, 0.717) is 12.3 Å². The average molecular weight is 254 g/mol. The summed E-state index contributed by atoms with van der Waals surface area (Å²) in [5.41, 5.74) is 5.25. The van der Waals surface area contributed by atoms with Gasteiger partial charge >= 0.3 is 0 Å². The van der Waals surface area contributed by atoms with E-state index in [1.165, 1.54) is 26.2 Å². The lowest BCUT2D eigenvalue weighted by atomic mass is 9.93. The molecule has 5 heteroatoms. The fraction of sp³-hybridized carbons (Fsp3) is 0.923. The first kappa shape index (κ1) is 13.8. The van der Waals surface area contributed by atoms with Gasteiger partial charge in [-0.3, -0.25) is 9.69 Å². The van der Waals surface area contributed by atoms with Gasteiger partial charge in [-0.1, -0.05) is 0 Å². The van der Waals surface area contributed by atoms with E-state index < -0.39 is 0 Å². The molecular formula is C13H26N4O. The molecule has 0 aliphatic carbocycles.